The number of nitrogens with zero attached hydrogens (tertiary/aromatic N) is 5. The maximum atomic E-state index is 7.78. The van der Waals surface area contributed by atoms with Crippen molar-refractivity contribution in [1.82, 2.24) is 19.7 Å². The van der Waals surface area contributed by atoms with Gasteiger partial charge in [0.1, 0.15) is 17.3 Å². The molecule has 0 saturated carbocycles. The van der Waals surface area contributed by atoms with Crippen molar-refractivity contribution in [3.8, 4) is 11.5 Å². The Morgan fingerprint density at radius 1 is 1.43 bits per heavy atom. The van der Waals surface area contributed by atoms with E-state index in [4.69, 9.17) is 15.1 Å². The molecular weight excluding hydrogens is 294 g/mol. The van der Waals surface area contributed by atoms with Gasteiger partial charge in [-0.3, -0.25) is 4.68 Å². The number of nitrogens with one attached hydrogen (secondary N) is 2. The van der Waals surface area contributed by atoms with Crippen LogP contribution < -0.4 is 10.2 Å². The van der Waals surface area contributed by atoms with Gasteiger partial charge in [-0.1, -0.05) is 0 Å². The van der Waals surface area contributed by atoms with Crippen LogP contribution in [0.4, 0.5) is 11.6 Å². The van der Waals surface area contributed by atoms with E-state index in [1.54, 1.807) is 17.9 Å². The van der Waals surface area contributed by atoms with Crippen LogP contribution in [-0.4, -0.2) is 58.8 Å². The predicted molar refractivity (Wildman–Crippen MR) is 89.3 cm³/mol. The van der Waals surface area contributed by atoms with E-state index in [1.165, 1.54) is 6.21 Å². The fourth-order valence-corrected chi connectivity index (χ4v) is 2.75. The molecule has 1 aliphatic heterocycles. The summed E-state index contributed by atoms with van der Waals surface area (Å²) < 4.78 is 7.25. The Morgan fingerprint density at radius 3 is 2.87 bits per heavy atom. The van der Waals surface area contributed by atoms with Crippen molar-refractivity contribution in [2.24, 2.45) is 7.05 Å². The molecule has 0 bridgehead atoms. The van der Waals surface area contributed by atoms with E-state index in [0.29, 0.717) is 30.4 Å². The Kier molecular flexibility index (Phi) is 4.24. The highest BCUT2D eigenvalue weighted by Gasteiger charge is 2.25. The molecule has 1 unspecified atom stereocenters. The van der Waals surface area contributed by atoms with Crippen molar-refractivity contribution in [3.63, 3.8) is 0 Å². The molecule has 1 atom stereocenters. The molecule has 2 N–H and O–H groups in total. The van der Waals surface area contributed by atoms with Crippen molar-refractivity contribution in [2.45, 2.75) is 13.0 Å². The monoisotopic (exact) mass is 315 g/mol. The summed E-state index contributed by atoms with van der Waals surface area (Å²) in [7, 11) is 3.66. The van der Waals surface area contributed by atoms with Gasteiger partial charge in [0.2, 0.25) is 0 Å². The van der Waals surface area contributed by atoms with Crippen molar-refractivity contribution in [3.05, 3.63) is 17.8 Å². The van der Waals surface area contributed by atoms with Gasteiger partial charge in [0.25, 0.3) is 0 Å². The minimum absolute atomic E-state index is 0.196. The minimum atomic E-state index is 0.196. The first-order valence-electron chi connectivity index (χ1n) is 7.58. The molecular formula is C15H21N7O. The van der Waals surface area contributed by atoms with E-state index in [2.05, 4.69) is 27.2 Å². The normalized spacial score (nSPS) is 18.0. The lowest BCUT2D eigenvalue weighted by atomic mass is 10.2. The molecule has 2 aromatic rings. The lowest BCUT2D eigenvalue weighted by Gasteiger charge is -2.35. The number of ether oxygens (including phenoxy) is 1. The van der Waals surface area contributed by atoms with Crippen molar-refractivity contribution >= 4 is 17.9 Å². The van der Waals surface area contributed by atoms with E-state index < -0.39 is 0 Å². The standard InChI is InChI=1S/C15H21N7O/c1-10-9-23-7-6-22(10)15-11(8-16)13(17-2)19-14(20-15)12-4-5-18-21(12)3/h4-5,8,10,16H,6-7,9H2,1-3H3,(H,17,19,20). The quantitative estimate of drug-likeness (QED) is 0.822. The van der Waals surface area contributed by atoms with Gasteiger partial charge in [-0.25, -0.2) is 9.97 Å². The third kappa shape index (κ3) is 2.77. The first-order valence-corrected chi connectivity index (χ1v) is 7.58. The van der Waals surface area contributed by atoms with E-state index in [-0.39, 0.29) is 6.04 Å². The van der Waals surface area contributed by atoms with Gasteiger partial charge in [0.05, 0.1) is 24.8 Å². The molecule has 3 rings (SSSR count). The largest absolute Gasteiger partial charge is 0.377 e. The molecule has 1 saturated heterocycles. The summed E-state index contributed by atoms with van der Waals surface area (Å²) in [5, 5.41) is 15.0. The van der Waals surface area contributed by atoms with Gasteiger partial charge >= 0.3 is 0 Å². The zero-order valence-corrected chi connectivity index (χ0v) is 13.6. The van der Waals surface area contributed by atoms with E-state index in [0.717, 1.165) is 18.1 Å². The van der Waals surface area contributed by atoms with Crippen LogP contribution in [0.15, 0.2) is 12.3 Å². The van der Waals surface area contributed by atoms with Gasteiger partial charge in [0.15, 0.2) is 5.82 Å². The number of hydrogen-bond acceptors (Lipinski definition) is 7. The SMILES string of the molecule is CNc1nc(-c2ccnn2C)nc(N2CCOCC2C)c1C=N. The molecule has 0 radical (unpaired) electrons. The van der Waals surface area contributed by atoms with Crippen LogP contribution in [0.3, 0.4) is 0 Å². The van der Waals surface area contributed by atoms with Crippen LogP contribution in [0, 0.1) is 5.41 Å². The van der Waals surface area contributed by atoms with E-state index in [9.17, 15) is 0 Å². The van der Waals surface area contributed by atoms with Gasteiger partial charge in [-0.2, -0.15) is 5.10 Å². The fraction of sp³-hybridized carbons (Fsp3) is 0.467. The molecule has 1 aliphatic rings. The number of rotatable bonds is 4. The molecule has 0 spiro atoms. The molecule has 8 heteroatoms. The van der Waals surface area contributed by atoms with Gasteiger partial charge in [0, 0.05) is 33.1 Å². The predicted octanol–water partition coefficient (Wildman–Crippen LogP) is 1.14. The molecule has 23 heavy (non-hydrogen) atoms. The fourth-order valence-electron chi connectivity index (χ4n) is 2.75. The van der Waals surface area contributed by atoms with Crippen LogP contribution in [0.5, 0.6) is 0 Å². The Morgan fingerprint density at radius 2 is 2.26 bits per heavy atom. The van der Waals surface area contributed by atoms with Crippen LogP contribution in [-0.2, 0) is 11.8 Å². The van der Waals surface area contributed by atoms with Crippen molar-refractivity contribution in [1.29, 1.82) is 5.41 Å². The average Bonchev–Trinajstić information content (AvgIpc) is 3.00. The zero-order chi connectivity index (χ0) is 16.4. The highest BCUT2D eigenvalue weighted by molar-refractivity contribution is 5.92. The number of anilines is 2. The number of aryl methyl sites for hydroxylation is 1. The van der Waals surface area contributed by atoms with E-state index in [1.807, 2.05) is 13.1 Å². The Bertz CT molecular complexity index is 712. The highest BCUT2D eigenvalue weighted by atomic mass is 16.5. The summed E-state index contributed by atoms with van der Waals surface area (Å²) >= 11 is 0. The van der Waals surface area contributed by atoms with Gasteiger partial charge in [-0.05, 0) is 13.0 Å². The lowest BCUT2D eigenvalue weighted by molar-refractivity contribution is 0.0985. The summed E-state index contributed by atoms with van der Waals surface area (Å²) in [4.78, 5) is 11.5. The Hall–Kier alpha value is -2.48. The van der Waals surface area contributed by atoms with Crippen molar-refractivity contribution in [2.75, 3.05) is 37.0 Å². The van der Waals surface area contributed by atoms with Crippen LogP contribution in [0.2, 0.25) is 0 Å². The van der Waals surface area contributed by atoms with Gasteiger partial charge < -0.3 is 20.4 Å². The van der Waals surface area contributed by atoms with Crippen LogP contribution >= 0.6 is 0 Å². The maximum absolute atomic E-state index is 7.78. The summed E-state index contributed by atoms with van der Waals surface area (Å²) in [6.07, 6.45) is 3.02. The van der Waals surface area contributed by atoms with Crippen molar-refractivity contribution < 1.29 is 4.74 Å². The first kappa shape index (κ1) is 15.4. The summed E-state index contributed by atoms with van der Waals surface area (Å²) in [5.74, 6) is 1.99. The molecule has 1 fully saturated rings. The Labute approximate surface area is 135 Å². The number of aromatic nitrogens is 4. The maximum Gasteiger partial charge on any atom is 0.181 e. The molecule has 2 aromatic heterocycles. The second-order valence-electron chi connectivity index (χ2n) is 5.48. The third-order valence-corrected chi connectivity index (χ3v) is 4.00. The summed E-state index contributed by atoms with van der Waals surface area (Å²) in [6, 6.07) is 2.08. The first-order chi connectivity index (χ1) is 11.2. The highest BCUT2D eigenvalue weighted by Crippen LogP contribution is 2.28. The molecule has 0 amide bonds. The van der Waals surface area contributed by atoms with Crippen LogP contribution in [0.25, 0.3) is 11.5 Å². The smallest absolute Gasteiger partial charge is 0.181 e. The lowest BCUT2D eigenvalue weighted by Crippen LogP contribution is -2.44. The zero-order valence-electron chi connectivity index (χ0n) is 13.6. The minimum Gasteiger partial charge on any atom is -0.377 e. The number of hydrogen-bond donors (Lipinski definition) is 2. The second-order valence-corrected chi connectivity index (χ2v) is 5.48. The van der Waals surface area contributed by atoms with Gasteiger partial charge in [-0.15, -0.1) is 0 Å². The molecule has 3 heterocycles. The summed E-state index contributed by atoms with van der Waals surface area (Å²) in [6.45, 7) is 4.14. The second kappa shape index (κ2) is 6.33. The third-order valence-electron chi connectivity index (χ3n) is 4.00. The van der Waals surface area contributed by atoms with Crippen LogP contribution in [0.1, 0.15) is 12.5 Å². The molecule has 8 nitrogen and oxygen atoms in total. The molecule has 122 valence electrons. The molecule has 0 aromatic carbocycles. The topological polar surface area (TPSA) is 92.0 Å². The summed E-state index contributed by atoms with van der Waals surface area (Å²) in [5.41, 5.74) is 1.52. The number of morpholine rings is 1. The van der Waals surface area contributed by atoms with E-state index >= 15 is 0 Å². The average molecular weight is 315 g/mol. The Balaban J connectivity index is 2.16. The molecule has 0 aliphatic carbocycles.